The maximum Gasteiger partial charge on any atom is 0.262 e. The number of carbonyl (C=O) groups is 1. The standard InChI is InChI=1S/C47H63N7O5S.C8H9N/c1-9-48-42(46(55)54-19-14-13-18-50-54)44(59-12-4)45-51-39(29-60-45)33-15-16-40-36(24-33)38(26-47(6,7)30-57-11-3)43(53(40)10-2)37-25-34(27-49-41(37)31(5)56-8)32-17-20-52-21-22-58-28-35(52)23-32;1-2-6-9-8(3-1)7-4-5-7/h3,9,15-16,24-25,27,29,31-32,35,42,44,48,50H,1,10,12-14,17-23,26,28,30H2,2,4-8H3;1-3,6-7H,4-5H2. The fraction of sp³-hybridized carbons (Fsp3) is 0.527. The number of benzene rings is 1. The molecule has 4 fully saturated rings. The Morgan fingerprint density at radius 3 is 2.68 bits per heavy atom. The lowest BCUT2D eigenvalue weighted by molar-refractivity contribution is -0.142. The molecule has 3 aliphatic heterocycles. The van der Waals surface area contributed by atoms with Crippen LogP contribution in [0.4, 0.5) is 0 Å². The van der Waals surface area contributed by atoms with Crippen molar-refractivity contribution in [1.82, 2.24) is 40.2 Å². The summed E-state index contributed by atoms with van der Waals surface area (Å²) in [5.41, 5.74) is 12.8. The molecule has 4 aliphatic rings. The number of aromatic nitrogens is 4. The normalized spacial score (nSPS) is 19.9. The highest BCUT2D eigenvalue weighted by Gasteiger charge is 2.37. The van der Waals surface area contributed by atoms with Crippen LogP contribution in [0.1, 0.15) is 125 Å². The van der Waals surface area contributed by atoms with E-state index < -0.39 is 12.1 Å². The first-order valence-electron chi connectivity index (χ1n) is 25.0. The molecule has 1 amide bonds. The number of thiazole rings is 1. The van der Waals surface area contributed by atoms with E-state index in [0.29, 0.717) is 38.1 Å². The summed E-state index contributed by atoms with van der Waals surface area (Å²) >= 11 is 1.50. The van der Waals surface area contributed by atoms with Gasteiger partial charge in [-0.1, -0.05) is 39.0 Å². The van der Waals surface area contributed by atoms with E-state index in [1.54, 1.807) is 18.3 Å². The molecule has 3 saturated heterocycles. The van der Waals surface area contributed by atoms with Gasteiger partial charge in [-0.05, 0) is 126 Å². The van der Waals surface area contributed by atoms with Crippen LogP contribution in [0.3, 0.4) is 0 Å². The van der Waals surface area contributed by atoms with Crippen molar-refractivity contribution < 1.29 is 23.7 Å². The van der Waals surface area contributed by atoms with Crippen molar-refractivity contribution in [3.05, 3.63) is 101 Å². The number of nitrogens with one attached hydrogen (secondary N) is 2. The van der Waals surface area contributed by atoms with Crippen LogP contribution in [-0.4, -0.2) is 107 Å². The number of pyridine rings is 2. The van der Waals surface area contributed by atoms with Crippen molar-refractivity contribution in [1.29, 1.82) is 0 Å². The summed E-state index contributed by atoms with van der Waals surface area (Å²) in [6, 6.07) is 14.9. The average molecular weight is 957 g/mol. The van der Waals surface area contributed by atoms with Gasteiger partial charge in [-0.2, -0.15) is 0 Å². The highest BCUT2D eigenvalue weighted by atomic mass is 32.1. The minimum atomic E-state index is -0.689. The van der Waals surface area contributed by atoms with E-state index in [2.05, 4.69) is 114 Å². The van der Waals surface area contributed by atoms with Crippen molar-refractivity contribution in [3.8, 4) is 35.0 Å². The van der Waals surface area contributed by atoms with Gasteiger partial charge in [-0.25, -0.2) is 10.4 Å². The molecule has 368 valence electrons. The molecule has 14 heteroatoms. The van der Waals surface area contributed by atoms with Crippen molar-refractivity contribution >= 4 is 28.1 Å². The number of morpholine rings is 1. The first-order valence-corrected chi connectivity index (χ1v) is 25.9. The Bertz CT molecular complexity index is 2540. The number of methoxy groups -OCH3 is 1. The number of hydrogen-bond acceptors (Lipinski definition) is 12. The summed E-state index contributed by atoms with van der Waals surface area (Å²) in [5.74, 6) is 1.09. The monoisotopic (exact) mass is 957 g/mol. The molecular formula is C55H72N8O5S. The Balaban J connectivity index is 0.000000633. The van der Waals surface area contributed by atoms with Gasteiger partial charge in [0.2, 0.25) is 0 Å². The van der Waals surface area contributed by atoms with Crippen molar-refractivity contribution in [3.63, 3.8) is 0 Å². The van der Waals surface area contributed by atoms with Crippen molar-refractivity contribution in [2.45, 2.75) is 122 Å². The molecule has 1 saturated carbocycles. The van der Waals surface area contributed by atoms with Gasteiger partial charge < -0.3 is 28.8 Å². The van der Waals surface area contributed by atoms with Crippen LogP contribution < -0.4 is 10.7 Å². The fourth-order valence-corrected chi connectivity index (χ4v) is 11.2. The minimum absolute atomic E-state index is 0.0880. The molecule has 5 atom stereocenters. The van der Waals surface area contributed by atoms with Crippen LogP contribution in [0.25, 0.3) is 33.4 Å². The van der Waals surface area contributed by atoms with E-state index in [1.165, 1.54) is 41.0 Å². The number of nitrogens with zero attached hydrogens (tertiary/aromatic N) is 6. The molecule has 4 aromatic heterocycles. The minimum Gasteiger partial charge on any atom is -0.446 e. The number of piperidine rings is 1. The number of rotatable bonds is 18. The van der Waals surface area contributed by atoms with Crippen molar-refractivity contribution in [2.24, 2.45) is 5.41 Å². The smallest absolute Gasteiger partial charge is 0.262 e. The number of hydrogen-bond donors (Lipinski definition) is 2. The van der Waals surface area contributed by atoms with Gasteiger partial charge >= 0.3 is 0 Å². The van der Waals surface area contributed by atoms with Gasteiger partial charge in [0, 0.05) is 103 Å². The molecule has 0 radical (unpaired) electrons. The van der Waals surface area contributed by atoms with E-state index in [4.69, 9.17) is 35.3 Å². The number of fused-ring (bicyclic) bond motifs is 2. The van der Waals surface area contributed by atoms with Crippen LogP contribution in [-0.2, 0) is 36.7 Å². The Morgan fingerprint density at radius 2 is 1.97 bits per heavy atom. The molecule has 9 rings (SSSR count). The van der Waals surface area contributed by atoms with E-state index in [0.717, 1.165) is 115 Å². The lowest BCUT2D eigenvalue weighted by Crippen LogP contribution is -2.55. The van der Waals surface area contributed by atoms with Crippen molar-refractivity contribution in [2.75, 3.05) is 59.7 Å². The van der Waals surface area contributed by atoms with Crippen LogP contribution in [0.15, 0.2) is 73.0 Å². The third kappa shape index (κ3) is 11.7. The second-order valence-electron chi connectivity index (χ2n) is 19.5. The third-order valence-electron chi connectivity index (χ3n) is 14.1. The zero-order chi connectivity index (χ0) is 48.5. The maximum absolute atomic E-state index is 13.9. The predicted octanol–water partition coefficient (Wildman–Crippen LogP) is 9.57. The molecule has 5 unspecified atom stereocenters. The van der Waals surface area contributed by atoms with Gasteiger partial charge in [0.1, 0.15) is 29.9 Å². The number of hydrazine groups is 1. The summed E-state index contributed by atoms with van der Waals surface area (Å²) in [6.45, 7) is 21.2. The number of amides is 1. The molecule has 1 aliphatic carbocycles. The van der Waals surface area contributed by atoms with Gasteiger partial charge in [0.25, 0.3) is 5.91 Å². The highest BCUT2D eigenvalue weighted by molar-refractivity contribution is 7.10. The topological polar surface area (TPSA) is 128 Å². The van der Waals surface area contributed by atoms with E-state index >= 15 is 0 Å². The van der Waals surface area contributed by atoms with Crippen LogP contribution >= 0.6 is 11.3 Å². The molecule has 2 N–H and O–H groups in total. The van der Waals surface area contributed by atoms with E-state index in [-0.39, 0.29) is 17.4 Å². The summed E-state index contributed by atoms with van der Waals surface area (Å²) in [4.78, 5) is 31.1. The average Bonchev–Trinajstić information content (AvgIpc) is 4.05. The first kappa shape index (κ1) is 50.3. The van der Waals surface area contributed by atoms with Crippen LogP contribution in [0, 0.1) is 17.9 Å². The lowest BCUT2D eigenvalue weighted by atomic mass is 9.82. The zero-order valence-corrected chi connectivity index (χ0v) is 42.4. The second kappa shape index (κ2) is 23.2. The third-order valence-corrected chi connectivity index (χ3v) is 15.0. The Hall–Kier alpha value is -5.14. The molecule has 1 aromatic carbocycles. The Kier molecular flexibility index (Phi) is 16.9. The number of ether oxygens (including phenoxy) is 4. The maximum atomic E-state index is 13.9. The molecule has 0 spiro atoms. The zero-order valence-electron chi connectivity index (χ0n) is 41.5. The SMILES string of the molecule is C#COCC(C)(C)Cc1c(-c2cc(C3CCN4CCOCC4C3)cnc2C(C)OC)n(CC)c2ccc(-c3csc(C(OCC)C(NC=C)C(=O)N4CCCCN4)n3)cc12.c1ccc(C2CC2)nc1. The molecular weight excluding hydrogens is 885 g/mol. The quantitative estimate of drug-likeness (QED) is 0.0816. The largest absolute Gasteiger partial charge is 0.446 e. The predicted molar refractivity (Wildman–Crippen MR) is 274 cm³/mol. The molecule has 13 nitrogen and oxygen atoms in total. The van der Waals surface area contributed by atoms with Gasteiger partial charge in [-0.15, -0.1) is 11.3 Å². The van der Waals surface area contributed by atoms with Gasteiger partial charge in [0.05, 0.1) is 36.4 Å². The summed E-state index contributed by atoms with van der Waals surface area (Å²) < 4.78 is 26.3. The summed E-state index contributed by atoms with van der Waals surface area (Å²) in [5, 5.41) is 8.82. The summed E-state index contributed by atoms with van der Waals surface area (Å²) in [6.07, 6.45) is 20.2. The van der Waals surface area contributed by atoms with E-state index in [1.807, 2.05) is 19.2 Å². The van der Waals surface area contributed by atoms with E-state index in [9.17, 15) is 4.79 Å². The Morgan fingerprint density at radius 1 is 1.12 bits per heavy atom. The molecule has 69 heavy (non-hydrogen) atoms. The van der Waals surface area contributed by atoms with Gasteiger partial charge in [0.15, 0.2) is 0 Å². The number of carbonyl (C=O) groups excluding carboxylic acids is 1. The lowest BCUT2D eigenvalue weighted by Gasteiger charge is -2.42. The van der Waals surface area contributed by atoms with Gasteiger partial charge in [-0.3, -0.25) is 24.7 Å². The number of aryl methyl sites for hydroxylation is 1. The fourth-order valence-electron chi connectivity index (χ4n) is 10.3. The molecule has 5 aromatic rings. The number of terminal acetylenes is 1. The Labute approximate surface area is 413 Å². The molecule has 7 heterocycles. The molecule has 0 bridgehead atoms. The summed E-state index contributed by atoms with van der Waals surface area (Å²) in [7, 11) is 1.75. The van der Waals surface area contributed by atoms with Crippen LogP contribution in [0.5, 0.6) is 0 Å². The highest BCUT2D eigenvalue weighted by Crippen LogP contribution is 2.44. The first-order chi connectivity index (χ1) is 33.6. The van der Waals surface area contributed by atoms with Crippen LogP contribution in [0.2, 0.25) is 0 Å². The second-order valence-corrected chi connectivity index (χ2v) is 20.4.